The van der Waals surface area contributed by atoms with Crippen molar-refractivity contribution in [3.8, 4) is 0 Å². The second kappa shape index (κ2) is 4.78. The van der Waals surface area contributed by atoms with E-state index in [4.69, 9.17) is 0 Å². The van der Waals surface area contributed by atoms with Crippen molar-refractivity contribution in [2.24, 2.45) is 0 Å². The summed E-state index contributed by atoms with van der Waals surface area (Å²) < 4.78 is 0.887. The average Bonchev–Trinajstić information content (AvgIpc) is 2.82. The van der Waals surface area contributed by atoms with Crippen molar-refractivity contribution in [3.05, 3.63) is 58.1 Å². The highest BCUT2D eigenvalue weighted by molar-refractivity contribution is 9.10. The number of aliphatic hydroxyl groups excluding tert-OH is 1. The van der Waals surface area contributed by atoms with Crippen molar-refractivity contribution in [1.82, 2.24) is 9.97 Å². The third-order valence-electron chi connectivity index (χ3n) is 3.45. The lowest BCUT2D eigenvalue weighted by molar-refractivity contribution is 0.143. The Morgan fingerprint density at radius 3 is 3.11 bits per heavy atom. The number of aromatic nitrogens is 2. The molecule has 0 aliphatic heterocycles. The molecule has 0 aromatic carbocycles. The molecular formula is C14H13BrN2O. The SMILES string of the molecule is OC(c1cncc(Br)c1)C1CCc2cccnc21. The van der Waals surface area contributed by atoms with Crippen molar-refractivity contribution in [3.63, 3.8) is 0 Å². The van der Waals surface area contributed by atoms with Gasteiger partial charge in [0, 0.05) is 40.2 Å². The Hall–Kier alpha value is -1.26. The number of hydrogen-bond acceptors (Lipinski definition) is 3. The topological polar surface area (TPSA) is 46.0 Å². The van der Waals surface area contributed by atoms with Gasteiger partial charge in [-0.2, -0.15) is 0 Å². The number of halogens is 1. The number of aliphatic hydroxyl groups is 1. The minimum atomic E-state index is -0.536. The summed E-state index contributed by atoms with van der Waals surface area (Å²) in [7, 11) is 0. The molecule has 0 saturated heterocycles. The van der Waals surface area contributed by atoms with E-state index in [-0.39, 0.29) is 5.92 Å². The quantitative estimate of drug-likeness (QED) is 0.928. The molecule has 0 amide bonds. The molecule has 18 heavy (non-hydrogen) atoms. The summed E-state index contributed by atoms with van der Waals surface area (Å²) in [5.74, 6) is 0.0808. The Morgan fingerprint density at radius 2 is 2.28 bits per heavy atom. The molecule has 2 aromatic heterocycles. The summed E-state index contributed by atoms with van der Waals surface area (Å²) in [6, 6.07) is 5.96. The average molecular weight is 305 g/mol. The van der Waals surface area contributed by atoms with Crippen LogP contribution in [-0.2, 0) is 6.42 Å². The van der Waals surface area contributed by atoms with Gasteiger partial charge in [-0.1, -0.05) is 6.07 Å². The van der Waals surface area contributed by atoms with Gasteiger partial charge in [-0.05, 0) is 46.5 Å². The summed E-state index contributed by atoms with van der Waals surface area (Å²) in [5, 5.41) is 10.5. The van der Waals surface area contributed by atoms with Crippen molar-refractivity contribution < 1.29 is 5.11 Å². The molecule has 3 rings (SSSR count). The normalized spacial score (nSPS) is 19.6. The van der Waals surface area contributed by atoms with Gasteiger partial charge in [0.05, 0.1) is 6.10 Å². The summed E-state index contributed by atoms with van der Waals surface area (Å²) >= 11 is 3.38. The summed E-state index contributed by atoms with van der Waals surface area (Å²) in [5.41, 5.74) is 3.13. The molecule has 0 radical (unpaired) electrons. The fourth-order valence-electron chi connectivity index (χ4n) is 2.57. The van der Waals surface area contributed by atoms with E-state index in [9.17, 15) is 5.11 Å². The molecule has 0 fully saturated rings. The smallest absolute Gasteiger partial charge is 0.0889 e. The van der Waals surface area contributed by atoms with Crippen LogP contribution in [0.3, 0.4) is 0 Å². The molecule has 0 bridgehead atoms. The zero-order valence-corrected chi connectivity index (χ0v) is 11.3. The highest BCUT2D eigenvalue weighted by atomic mass is 79.9. The molecule has 92 valence electrons. The molecule has 2 heterocycles. The van der Waals surface area contributed by atoms with E-state index < -0.39 is 6.10 Å². The van der Waals surface area contributed by atoms with Crippen molar-refractivity contribution in [2.75, 3.05) is 0 Å². The first-order valence-corrected chi connectivity index (χ1v) is 6.77. The highest BCUT2D eigenvalue weighted by Crippen LogP contribution is 2.40. The van der Waals surface area contributed by atoms with Gasteiger partial charge in [-0.15, -0.1) is 0 Å². The van der Waals surface area contributed by atoms with Gasteiger partial charge in [0.1, 0.15) is 0 Å². The van der Waals surface area contributed by atoms with Crippen LogP contribution in [0.15, 0.2) is 41.3 Å². The standard InChI is InChI=1S/C14H13BrN2O/c15-11-6-10(7-16-8-11)14(18)12-4-3-9-2-1-5-17-13(9)12/h1-2,5-8,12,14,18H,3-4H2. The fourth-order valence-corrected chi connectivity index (χ4v) is 2.96. The van der Waals surface area contributed by atoms with Gasteiger partial charge in [0.15, 0.2) is 0 Å². The molecule has 3 nitrogen and oxygen atoms in total. The number of aryl methyl sites for hydroxylation is 1. The monoisotopic (exact) mass is 304 g/mol. The molecule has 2 atom stereocenters. The minimum Gasteiger partial charge on any atom is -0.388 e. The zero-order chi connectivity index (χ0) is 12.5. The van der Waals surface area contributed by atoms with Crippen LogP contribution in [-0.4, -0.2) is 15.1 Å². The molecule has 0 saturated carbocycles. The maximum absolute atomic E-state index is 10.5. The van der Waals surface area contributed by atoms with Gasteiger partial charge in [0.2, 0.25) is 0 Å². The minimum absolute atomic E-state index is 0.0808. The third-order valence-corrected chi connectivity index (χ3v) is 3.88. The lowest BCUT2D eigenvalue weighted by Gasteiger charge is -2.18. The molecule has 0 spiro atoms. The molecule has 4 heteroatoms. The first-order chi connectivity index (χ1) is 8.75. The molecule has 2 aromatic rings. The molecule has 1 aliphatic rings. The summed E-state index contributed by atoms with van der Waals surface area (Å²) in [6.45, 7) is 0. The number of pyridine rings is 2. The van der Waals surface area contributed by atoms with E-state index in [1.54, 1.807) is 18.6 Å². The first kappa shape index (κ1) is 11.8. The van der Waals surface area contributed by atoms with Crippen LogP contribution in [0.25, 0.3) is 0 Å². The highest BCUT2D eigenvalue weighted by Gasteiger charge is 2.30. The van der Waals surface area contributed by atoms with Crippen LogP contribution >= 0.6 is 15.9 Å². The number of nitrogens with zero attached hydrogens (tertiary/aromatic N) is 2. The van der Waals surface area contributed by atoms with E-state index in [0.717, 1.165) is 28.6 Å². The Balaban J connectivity index is 1.93. The van der Waals surface area contributed by atoms with Gasteiger partial charge in [0.25, 0.3) is 0 Å². The fraction of sp³-hybridized carbons (Fsp3) is 0.286. The van der Waals surface area contributed by atoms with E-state index in [2.05, 4.69) is 32.0 Å². The van der Waals surface area contributed by atoms with Crippen LogP contribution in [0.2, 0.25) is 0 Å². The lowest BCUT2D eigenvalue weighted by Crippen LogP contribution is -2.09. The molecule has 2 unspecified atom stereocenters. The number of rotatable bonds is 2. The van der Waals surface area contributed by atoms with Crippen molar-refractivity contribution in [1.29, 1.82) is 0 Å². The predicted molar refractivity (Wildman–Crippen MR) is 72.2 cm³/mol. The number of fused-ring (bicyclic) bond motifs is 1. The predicted octanol–water partition coefficient (Wildman–Crippen LogP) is 3.00. The second-order valence-corrected chi connectivity index (χ2v) is 5.49. The Labute approximate surface area is 114 Å². The van der Waals surface area contributed by atoms with Gasteiger partial charge in [-0.25, -0.2) is 0 Å². The first-order valence-electron chi connectivity index (χ1n) is 5.98. The van der Waals surface area contributed by atoms with E-state index >= 15 is 0 Å². The Bertz CT molecular complexity index is 573. The van der Waals surface area contributed by atoms with Crippen LogP contribution in [0.5, 0.6) is 0 Å². The maximum atomic E-state index is 10.5. The second-order valence-electron chi connectivity index (χ2n) is 4.57. The summed E-state index contributed by atoms with van der Waals surface area (Å²) in [6.07, 6.45) is 6.63. The van der Waals surface area contributed by atoms with E-state index in [1.807, 2.05) is 12.1 Å². The van der Waals surface area contributed by atoms with Crippen LogP contribution in [0, 0.1) is 0 Å². The third kappa shape index (κ3) is 2.06. The van der Waals surface area contributed by atoms with Crippen LogP contribution in [0.4, 0.5) is 0 Å². The Kier molecular flexibility index (Phi) is 3.14. The molecule has 1 aliphatic carbocycles. The van der Waals surface area contributed by atoms with Gasteiger partial charge in [-0.3, -0.25) is 9.97 Å². The van der Waals surface area contributed by atoms with Gasteiger partial charge >= 0.3 is 0 Å². The summed E-state index contributed by atoms with van der Waals surface area (Å²) in [4.78, 5) is 8.52. The molecule has 1 N–H and O–H groups in total. The van der Waals surface area contributed by atoms with Crippen LogP contribution in [0.1, 0.15) is 35.3 Å². The maximum Gasteiger partial charge on any atom is 0.0889 e. The Morgan fingerprint density at radius 1 is 1.39 bits per heavy atom. The van der Waals surface area contributed by atoms with E-state index in [0.29, 0.717) is 0 Å². The van der Waals surface area contributed by atoms with Crippen molar-refractivity contribution >= 4 is 15.9 Å². The largest absolute Gasteiger partial charge is 0.388 e. The number of hydrogen-bond donors (Lipinski definition) is 1. The van der Waals surface area contributed by atoms with E-state index in [1.165, 1.54) is 5.56 Å². The molecular weight excluding hydrogens is 292 g/mol. The van der Waals surface area contributed by atoms with Crippen molar-refractivity contribution in [2.45, 2.75) is 24.9 Å². The lowest BCUT2D eigenvalue weighted by atomic mass is 9.94. The van der Waals surface area contributed by atoms with Crippen LogP contribution < -0.4 is 0 Å². The van der Waals surface area contributed by atoms with Gasteiger partial charge < -0.3 is 5.11 Å². The zero-order valence-electron chi connectivity index (χ0n) is 9.75.